The van der Waals surface area contributed by atoms with Crippen molar-refractivity contribution in [2.24, 2.45) is 12.8 Å². The second kappa shape index (κ2) is 6.51. The van der Waals surface area contributed by atoms with E-state index in [0.717, 1.165) is 0 Å². The number of aromatic nitrogens is 2. The Morgan fingerprint density at radius 3 is 2.70 bits per heavy atom. The number of rotatable bonds is 7. The summed E-state index contributed by atoms with van der Waals surface area (Å²) in [5.41, 5.74) is 5.88. The van der Waals surface area contributed by atoms with Crippen molar-refractivity contribution in [1.82, 2.24) is 15.1 Å². The smallest absolute Gasteiger partial charge is 0.341 e. The van der Waals surface area contributed by atoms with Crippen LogP contribution in [0.4, 0.5) is 0 Å². The molecule has 1 heterocycles. The van der Waals surface area contributed by atoms with Crippen molar-refractivity contribution >= 4 is 11.9 Å². The normalized spacial score (nSPS) is 11.4. The summed E-state index contributed by atoms with van der Waals surface area (Å²) in [5, 5.41) is 7.27. The van der Waals surface area contributed by atoms with Crippen LogP contribution < -0.4 is 11.1 Å². The van der Waals surface area contributed by atoms with Crippen LogP contribution in [-0.4, -0.2) is 33.8 Å². The van der Waals surface area contributed by atoms with Crippen LogP contribution in [0.2, 0.25) is 0 Å². The van der Waals surface area contributed by atoms with E-state index in [9.17, 15) is 9.59 Å². The number of nitrogens with zero attached hydrogens (tertiary/aromatic N) is 2. The molecule has 0 unspecified atom stereocenters. The van der Waals surface area contributed by atoms with Crippen molar-refractivity contribution in [3.8, 4) is 0 Å². The average molecular weight is 282 g/mol. The summed E-state index contributed by atoms with van der Waals surface area (Å²) in [6, 6.07) is 0. The van der Waals surface area contributed by atoms with Crippen LogP contribution in [0.15, 0.2) is 6.20 Å². The van der Waals surface area contributed by atoms with Gasteiger partial charge < -0.3 is 15.8 Å². The van der Waals surface area contributed by atoms with Crippen LogP contribution in [-0.2, 0) is 23.1 Å². The lowest BCUT2D eigenvalue weighted by atomic mass is 10.00. The molecule has 7 heteroatoms. The van der Waals surface area contributed by atoms with Crippen LogP contribution in [0.1, 0.15) is 43.2 Å². The molecule has 112 valence electrons. The van der Waals surface area contributed by atoms with E-state index < -0.39 is 11.5 Å². The van der Waals surface area contributed by atoms with Gasteiger partial charge in [0, 0.05) is 25.6 Å². The highest BCUT2D eigenvalue weighted by molar-refractivity contribution is 5.90. The lowest BCUT2D eigenvalue weighted by Crippen LogP contribution is -2.42. The van der Waals surface area contributed by atoms with Crippen molar-refractivity contribution in [2.75, 3.05) is 6.61 Å². The van der Waals surface area contributed by atoms with Crippen LogP contribution in [0.5, 0.6) is 0 Å². The zero-order valence-electron chi connectivity index (χ0n) is 12.4. The molecule has 1 rings (SSSR count). The quantitative estimate of drug-likeness (QED) is 0.703. The van der Waals surface area contributed by atoms with Crippen LogP contribution >= 0.6 is 0 Å². The summed E-state index contributed by atoms with van der Waals surface area (Å²) in [5.74, 6) is -0.775. The van der Waals surface area contributed by atoms with Gasteiger partial charge in [-0.3, -0.25) is 9.48 Å². The zero-order valence-corrected chi connectivity index (χ0v) is 12.4. The first kappa shape index (κ1) is 16.2. The molecular weight excluding hydrogens is 260 g/mol. The highest BCUT2D eigenvalue weighted by Crippen LogP contribution is 2.13. The number of hydrogen-bond acceptors (Lipinski definition) is 5. The first-order valence-electron chi connectivity index (χ1n) is 6.48. The van der Waals surface area contributed by atoms with Crippen molar-refractivity contribution in [3.05, 3.63) is 17.5 Å². The molecule has 0 atom stereocenters. The molecule has 1 aromatic heterocycles. The van der Waals surface area contributed by atoms with E-state index in [0.29, 0.717) is 24.4 Å². The summed E-state index contributed by atoms with van der Waals surface area (Å²) < 4.78 is 6.59. The third-order valence-corrected chi connectivity index (χ3v) is 2.91. The molecule has 0 aliphatic carbocycles. The average Bonchev–Trinajstić information content (AvgIpc) is 2.67. The fourth-order valence-electron chi connectivity index (χ4n) is 1.87. The maximum atomic E-state index is 11.8. The molecule has 0 radical (unpaired) electrons. The molecule has 0 saturated heterocycles. The molecule has 0 bridgehead atoms. The van der Waals surface area contributed by atoms with Gasteiger partial charge in [0.25, 0.3) is 0 Å². The molecule has 1 amide bonds. The van der Waals surface area contributed by atoms with Crippen LogP contribution in [0, 0.1) is 0 Å². The van der Waals surface area contributed by atoms with Gasteiger partial charge in [-0.15, -0.1) is 0 Å². The summed E-state index contributed by atoms with van der Waals surface area (Å²) >= 11 is 0. The molecule has 0 spiro atoms. The molecule has 0 fully saturated rings. The van der Waals surface area contributed by atoms with E-state index in [-0.39, 0.29) is 12.3 Å². The van der Waals surface area contributed by atoms with E-state index in [1.54, 1.807) is 18.7 Å². The van der Waals surface area contributed by atoms with Gasteiger partial charge in [-0.2, -0.15) is 5.10 Å². The number of nitrogens with one attached hydrogen (secondary N) is 1. The Morgan fingerprint density at radius 1 is 1.50 bits per heavy atom. The molecular formula is C13H22N4O3. The summed E-state index contributed by atoms with van der Waals surface area (Å²) in [6.45, 7) is 6.21. The van der Waals surface area contributed by atoms with Crippen molar-refractivity contribution in [2.45, 2.75) is 39.3 Å². The van der Waals surface area contributed by atoms with E-state index in [2.05, 4.69) is 10.4 Å². The van der Waals surface area contributed by atoms with Crippen LogP contribution in [0.3, 0.4) is 0 Å². The van der Waals surface area contributed by atoms with Crippen molar-refractivity contribution in [1.29, 1.82) is 0 Å². The van der Waals surface area contributed by atoms with Gasteiger partial charge in [0.2, 0.25) is 5.91 Å². The molecule has 0 aromatic carbocycles. The first-order chi connectivity index (χ1) is 9.26. The van der Waals surface area contributed by atoms with Crippen molar-refractivity contribution < 1.29 is 14.3 Å². The maximum absolute atomic E-state index is 11.8. The van der Waals surface area contributed by atoms with Gasteiger partial charge in [0.05, 0.1) is 18.5 Å². The van der Waals surface area contributed by atoms with Gasteiger partial charge in [0.1, 0.15) is 5.56 Å². The lowest BCUT2D eigenvalue weighted by molar-refractivity contribution is -0.119. The number of esters is 1. The number of hydrogen-bond donors (Lipinski definition) is 2. The first-order valence-corrected chi connectivity index (χ1v) is 6.48. The predicted octanol–water partition coefficient (Wildman–Crippen LogP) is 0.340. The van der Waals surface area contributed by atoms with Gasteiger partial charge in [-0.25, -0.2) is 4.79 Å². The number of carbonyl (C=O) groups is 2. The van der Waals surface area contributed by atoms with E-state index in [4.69, 9.17) is 10.5 Å². The Balaban J connectivity index is 2.80. The summed E-state index contributed by atoms with van der Waals surface area (Å²) in [7, 11) is 1.75. The molecule has 0 aliphatic rings. The predicted molar refractivity (Wildman–Crippen MR) is 73.9 cm³/mol. The fraction of sp³-hybridized carbons (Fsp3) is 0.615. The Kier molecular flexibility index (Phi) is 5.26. The SMILES string of the molecule is CCOC(=O)c1cnn(C)c1CNC(C)(C)CC(N)=O. The van der Waals surface area contributed by atoms with E-state index in [1.165, 1.54) is 6.20 Å². The standard InChI is InChI=1S/C13H22N4O3/c1-5-20-12(19)9-7-16-17(4)10(9)8-15-13(2,3)6-11(14)18/h7,15H,5-6,8H2,1-4H3,(H2,14,18). The molecule has 3 N–H and O–H groups in total. The van der Waals surface area contributed by atoms with E-state index in [1.807, 2.05) is 13.8 Å². The number of ether oxygens (including phenoxy) is 1. The third-order valence-electron chi connectivity index (χ3n) is 2.91. The fourth-order valence-corrected chi connectivity index (χ4v) is 1.87. The summed E-state index contributed by atoms with van der Waals surface area (Å²) in [4.78, 5) is 22.8. The third kappa shape index (κ3) is 4.34. The van der Waals surface area contributed by atoms with Crippen LogP contribution in [0.25, 0.3) is 0 Å². The number of amides is 1. The largest absolute Gasteiger partial charge is 0.462 e. The van der Waals surface area contributed by atoms with E-state index >= 15 is 0 Å². The molecule has 0 aliphatic heterocycles. The molecule has 1 aromatic rings. The highest BCUT2D eigenvalue weighted by Gasteiger charge is 2.23. The monoisotopic (exact) mass is 282 g/mol. The maximum Gasteiger partial charge on any atom is 0.341 e. The highest BCUT2D eigenvalue weighted by atomic mass is 16.5. The van der Waals surface area contributed by atoms with Crippen molar-refractivity contribution in [3.63, 3.8) is 0 Å². The minimum atomic E-state index is -0.456. The molecule has 0 saturated carbocycles. The lowest BCUT2D eigenvalue weighted by Gasteiger charge is -2.25. The Morgan fingerprint density at radius 2 is 2.15 bits per heavy atom. The number of nitrogens with two attached hydrogens (primary N) is 1. The molecule has 7 nitrogen and oxygen atoms in total. The van der Waals surface area contributed by atoms with Gasteiger partial charge in [0.15, 0.2) is 0 Å². The Hall–Kier alpha value is -1.89. The number of primary amides is 1. The molecule has 20 heavy (non-hydrogen) atoms. The summed E-state index contributed by atoms with van der Waals surface area (Å²) in [6.07, 6.45) is 1.69. The topological polar surface area (TPSA) is 99.2 Å². The minimum absolute atomic E-state index is 0.208. The second-order valence-corrected chi connectivity index (χ2v) is 5.23. The Labute approximate surface area is 118 Å². The zero-order chi connectivity index (χ0) is 15.3. The number of aryl methyl sites for hydroxylation is 1. The number of carbonyl (C=O) groups excluding carboxylic acids is 2. The van der Waals surface area contributed by atoms with Gasteiger partial charge in [-0.05, 0) is 20.8 Å². The van der Waals surface area contributed by atoms with Gasteiger partial charge >= 0.3 is 5.97 Å². The van der Waals surface area contributed by atoms with Gasteiger partial charge in [-0.1, -0.05) is 0 Å². The Bertz CT molecular complexity index is 494. The minimum Gasteiger partial charge on any atom is -0.462 e. The second-order valence-electron chi connectivity index (χ2n) is 5.23.